The molecule has 0 radical (unpaired) electrons. The first kappa shape index (κ1) is 19.5. The van der Waals surface area contributed by atoms with Gasteiger partial charge in [0.2, 0.25) is 5.91 Å². The minimum atomic E-state index is -0.243. The van der Waals surface area contributed by atoms with Crippen molar-refractivity contribution >= 4 is 5.91 Å². The molecule has 0 bridgehead atoms. The summed E-state index contributed by atoms with van der Waals surface area (Å²) < 4.78 is 13.3. The molecule has 144 valence electrons. The number of halogens is 1. The number of piperidine rings is 1. The van der Waals surface area contributed by atoms with Gasteiger partial charge in [-0.25, -0.2) is 4.39 Å². The van der Waals surface area contributed by atoms with E-state index in [1.165, 1.54) is 17.7 Å². The Morgan fingerprint density at radius 1 is 1.11 bits per heavy atom. The van der Waals surface area contributed by atoms with Crippen molar-refractivity contribution in [2.24, 2.45) is 0 Å². The predicted octanol–water partition coefficient (Wildman–Crippen LogP) is 3.04. The molecule has 2 aromatic rings. The Labute approximate surface area is 161 Å². The quantitative estimate of drug-likeness (QED) is 0.815. The Morgan fingerprint density at radius 2 is 1.81 bits per heavy atom. The van der Waals surface area contributed by atoms with Crippen LogP contribution in [0, 0.1) is 5.82 Å². The van der Waals surface area contributed by atoms with Gasteiger partial charge in [0.1, 0.15) is 5.82 Å². The summed E-state index contributed by atoms with van der Waals surface area (Å²) in [5.41, 5.74) is 2.21. The maximum absolute atomic E-state index is 13.3. The van der Waals surface area contributed by atoms with Crippen molar-refractivity contribution in [1.29, 1.82) is 0 Å². The first-order valence-electron chi connectivity index (χ1n) is 9.57. The third kappa shape index (κ3) is 6.45. The molecular weight excluding hydrogens is 341 g/mol. The fourth-order valence-electron chi connectivity index (χ4n) is 3.60. The first-order valence-corrected chi connectivity index (χ1v) is 9.57. The lowest BCUT2D eigenvalue weighted by molar-refractivity contribution is -0.123. The SMILES string of the molecule is CN(CC(=O)NC1CCN(Cc2ccccc2)CC1)Cc1cccc(F)c1. The zero-order valence-corrected chi connectivity index (χ0v) is 15.9. The molecule has 1 aliphatic heterocycles. The Bertz CT molecular complexity index is 729. The normalized spacial score (nSPS) is 15.8. The van der Waals surface area contributed by atoms with Gasteiger partial charge in [0.15, 0.2) is 0 Å². The van der Waals surface area contributed by atoms with Crippen molar-refractivity contribution in [3.8, 4) is 0 Å². The van der Waals surface area contributed by atoms with Crippen LogP contribution in [0.3, 0.4) is 0 Å². The second-order valence-corrected chi connectivity index (χ2v) is 7.41. The molecule has 0 saturated carbocycles. The second kappa shape index (κ2) is 9.62. The van der Waals surface area contributed by atoms with Gasteiger partial charge in [-0.3, -0.25) is 14.6 Å². The van der Waals surface area contributed by atoms with Crippen molar-refractivity contribution in [2.75, 3.05) is 26.7 Å². The first-order chi connectivity index (χ1) is 13.1. The molecule has 1 amide bonds. The molecule has 0 atom stereocenters. The van der Waals surface area contributed by atoms with Crippen LogP contribution in [0.4, 0.5) is 4.39 Å². The highest BCUT2D eigenvalue weighted by atomic mass is 19.1. The van der Waals surface area contributed by atoms with Gasteiger partial charge in [-0.1, -0.05) is 42.5 Å². The molecule has 27 heavy (non-hydrogen) atoms. The predicted molar refractivity (Wildman–Crippen MR) is 106 cm³/mol. The third-order valence-corrected chi connectivity index (χ3v) is 4.96. The van der Waals surface area contributed by atoms with Crippen LogP contribution in [0.25, 0.3) is 0 Å². The van der Waals surface area contributed by atoms with Gasteiger partial charge >= 0.3 is 0 Å². The molecule has 0 spiro atoms. The summed E-state index contributed by atoms with van der Waals surface area (Å²) in [5, 5.41) is 3.15. The summed E-state index contributed by atoms with van der Waals surface area (Å²) >= 11 is 0. The molecule has 1 N–H and O–H groups in total. The Balaban J connectivity index is 1.37. The van der Waals surface area contributed by atoms with Crippen LogP contribution in [-0.4, -0.2) is 48.4 Å². The highest BCUT2D eigenvalue weighted by Gasteiger charge is 2.21. The monoisotopic (exact) mass is 369 g/mol. The number of rotatable bonds is 7. The number of likely N-dealkylation sites (tertiary alicyclic amines) is 1. The molecule has 0 aromatic heterocycles. The number of likely N-dealkylation sites (N-methyl/N-ethyl adjacent to an activating group) is 1. The van der Waals surface area contributed by atoms with Crippen molar-refractivity contribution < 1.29 is 9.18 Å². The van der Waals surface area contributed by atoms with Gasteiger partial charge in [-0.15, -0.1) is 0 Å². The molecule has 0 aliphatic carbocycles. The smallest absolute Gasteiger partial charge is 0.234 e. The van der Waals surface area contributed by atoms with Crippen molar-refractivity contribution in [3.63, 3.8) is 0 Å². The summed E-state index contributed by atoms with van der Waals surface area (Å²) in [5.74, 6) is -0.206. The third-order valence-electron chi connectivity index (χ3n) is 4.96. The van der Waals surface area contributed by atoms with E-state index in [4.69, 9.17) is 0 Å². The molecule has 2 aromatic carbocycles. The van der Waals surface area contributed by atoms with Crippen molar-refractivity contribution in [2.45, 2.75) is 32.0 Å². The second-order valence-electron chi connectivity index (χ2n) is 7.41. The Hall–Kier alpha value is -2.24. The average Bonchev–Trinajstić information content (AvgIpc) is 2.64. The number of hydrogen-bond donors (Lipinski definition) is 1. The largest absolute Gasteiger partial charge is 0.352 e. The van der Waals surface area contributed by atoms with E-state index in [0.717, 1.165) is 38.0 Å². The number of nitrogens with zero attached hydrogens (tertiary/aromatic N) is 2. The number of amides is 1. The van der Waals surface area contributed by atoms with E-state index in [9.17, 15) is 9.18 Å². The lowest BCUT2D eigenvalue weighted by Crippen LogP contribution is -2.46. The van der Waals surface area contributed by atoms with E-state index < -0.39 is 0 Å². The molecule has 1 saturated heterocycles. The van der Waals surface area contributed by atoms with Crippen LogP contribution in [0.2, 0.25) is 0 Å². The topological polar surface area (TPSA) is 35.6 Å². The lowest BCUT2D eigenvalue weighted by atomic mass is 10.0. The van der Waals surface area contributed by atoms with Gasteiger partial charge < -0.3 is 5.32 Å². The molecule has 3 rings (SSSR count). The van der Waals surface area contributed by atoms with E-state index in [2.05, 4.69) is 34.5 Å². The standard InChI is InChI=1S/C22H28FN3O/c1-25(15-19-8-5-9-20(23)14-19)17-22(27)24-21-10-12-26(13-11-21)16-18-6-3-2-4-7-18/h2-9,14,21H,10-13,15-17H2,1H3,(H,24,27). The number of carbonyl (C=O) groups is 1. The fourth-order valence-corrected chi connectivity index (χ4v) is 3.60. The number of nitrogens with one attached hydrogen (secondary N) is 1. The Morgan fingerprint density at radius 3 is 2.52 bits per heavy atom. The van der Waals surface area contributed by atoms with Crippen LogP contribution >= 0.6 is 0 Å². The Kier molecular flexibility index (Phi) is 6.96. The summed E-state index contributed by atoms with van der Waals surface area (Å²) in [7, 11) is 1.88. The number of benzene rings is 2. The van der Waals surface area contributed by atoms with E-state index in [1.54, 1.807) is 6.07 Å². The van der Waals surface area contributed by atoms with Gasteiger partial charge in [-0.05, 0) is 43.1 Å². The summed E-state index contributed by atoms with van der Waals surface area (Å²) in [6.07, 6.45) is 1.96. The zero-order valence-electron chi connectivity index (χ0n) is 15.9. The van der Waals surface area contributed by atoms with Crippen LogP contribution in [0.1, 0.15) is 24.0 Å². The number of hydrogen-bond acceptors (Lipinski definition) is 3. The maximum Gasteiger partial charge on any atom is 0.234 e. The minimum absolute atomic E-state index is 0.0374. The molecule has 4 nitrogen and oxygen atoms in total. The van der Waals surface area contributed by atoms with E-state index >= 15 is 0 Å². The lowest BCUT2D eigenvalue weighted by Gasteiger charge is -2.32. The molecule has 5 heteroatoms. The van der Waals surface area contributed by atoms with Crippen LogP contribution in [0.15, 0.2) is 54.6 Å². The van der Waals surface area contributed by atoms with Crippen LogP contribution in [-0.2, 0) is 17.9 Å². The summed E-state index contributed by atoms with van der Waals surface area (Å²) in [6.45, 7) is 3.84. The van der Waals surface area contributed by atoms with Crippen LogP contribution in [0.5, 0.6) is 0 Å². The maximum atomic E-state index is 13.3. The van der Waals surface area contributed by atoms with Gasteiger partial charge in [-0.2, -0.15) is 0 Å². The summed E-state index contributed by atoms with van der Waals surface area (Å²) in [4.78, 5) is 16.7. The van der Waals surface area contributed by atoms with Crippen LogP contribution < -0.4 is 5.32 Å². The summed E-state index contributed by atoms with van der Waals surface area (Å²) in [6, 6.07) is 17.2. The van der Waals surface area contributed by atoms with E-state index in [0.29, 0.717) is 13.1 Å². The number of carbonyl (C=O) groups excluding carboxylic acids is 1. The molecule has 0 unspecified atom stereocenters. The van der Waals surface area contributed by atoms with Gasteiger partial charge in [0.25, 0.3) is 0 Å². The zero-order chi connectivity index (χ0) is 19.1. The van der Waals surface area contributed by atoms with E-state index in [1.807, 2.05) is 24.1 Å². The molecule has 1 aliphatic rings. The van der Waals surface area contributed by atoms with E-state index in [-0.39, 0.29) is 17.8 Å². The molecular formula is C22H28FN3O. The van der Waals surface area contributed by atoms with Gasteiger partial charge in [0, 0.05) is 32.2 Å². The van der Waals surface area contributed by atoms with Gasteiger partial charge in [0.05, 0.1) is 6.54 Å². The highest BCUT2D eigenvalue weighted by molar-refractivity contribution is 5.78. The fraction of sp³-hybridized carbons (Fsp3) is 0.409. The minimum Gasteiger partial charge on any atom is -0.352 e. The molecule has 1 fully saturated rings. The average molecular weight is 369 g/mol. The molecule has 1 heterocycles. The van der Waals surface area contributed by atoms with Crippen molar-refractivity contribution in [1.82, 2.24) is 15.1 Å². The highest BCUT2D eigenvalue weighted by Crippen LogP contribution is 2.14. The van der Waals surface area contributed by atoms with Crippen molar-refractivity contribution in [3.05, 3.63) is 71.5 Å².